The normalized spacial score (nSPS) is 21.8. The number of carbonyl (C=O) groups is 1. The maximum Gasteiger partial charge on any atom is 0.171 e. The first kappa shape index (κ1) is 14.2. The minimum absolute atomic E-state index is 0.0844. The molecule has 3 nitrogen and oxygen atoms in total. The lowest BCUT2D eigenvalue weighted by atomic mass is 9.86. The number of hydrogen-bond acceptors (Lipinski definition) is 3. The van der Waals surface area contributed by atoms with Crippen LogP contribution in [0.25, 0.3) is 0 Å². The zero-order valence-electron chi connectivity index (χ0n) is 12.2. The van der Waals surface area contributed by atoms with Crippen molar-refractivity contribution in [2.75, 3.05) is 20.3 Å². The van der Waals surface area contributed by atoms with Gasteiger partial charge < -0.3 is 9.84 Å². The molecular formula is C16H22O3. The van der Waals surface area contributed by atoms with E-state index in [0.717, 1.165) is 23.1 Å². The Morgan fingerprint density at radius 3 is 2.68 bits per heavy atom. The fourth-order valence-electron chi connectivity index (χ4n) is 3.08. The molecule has 1 atom stereocenters. The molecule has 1 aliphatic carbocycles. The third kappa shape index (κ3) is 2.21. The number of aliphatic hydroxyl groups excluding tert-OH is 1. The van der Waals surface area contributed by atoms with Gasteiger partial charge in [-0.05, 0) is 55.9 Å². The summed E-state index contributed by atoms with van der Waals surface area (Å²) in [6, 6.07) is 2.10. The number of aliphatic hydroxyl groups is 1. The van der Waals surface area contributed by atoms with E-state index < -0.39 is 5.41 Å². The van der Waals surface area contributed by atoms with Crippen LogP contribution in [-0.2, 0) is 17.6 Å². The highest BCUT2D eigenvalue weighted by Crippen LogP contribution is 2.39. The van der Waals surface area contributed by atoms with Gasteiger partial charge in [0, 0.05) is 12.7 Å². The molecule has 1 aromatic carbocycles. The van der Waals surface area contributed by atoms with Gasteiger partial charge in [-0.2, -0.15) is 0 Å². The molecular weight excluding hydrogens is 240 g/mol. The SMILES string of the molecule is COCCc1c(C)cc2c(c1C)C(=O)[C@@](C)(CO)C2. The van der Waals surface area contributed by atoms with E-state index >= 15 is 0 Å². The van der Waals surface area contributed by atoms with Gasteiger partial charge >= 0.3 is 0 Å². The molecule has 19 heavy (non-hydrogen) atoms. The molecule has 0 amide bonds. The van der Waals surface area contributed by atoms with E-state index in [2.05, 4.69) is 13.0 Å². The van der Waals surface area contributed by atoms with E-state index in [-0.39, 0.29) is 12.4 Å². The molecule has 0 aromatic heterocycles. The second kappa shape index (κ2) is 5.06. The zero-order chi connectivity index (χ0) is 14.2. The Morgan fingerprint density at radius 2 is 2.11 bits per heavy atom. The summed E-state index contributed by atoms with van der Waals surface area (Å²) < 4.78 is 5.14. The molecule has 104 valence electrons. The van der Waals surface area contributed by atoms with Gasteiger partial charge in [-0.15, -0.1) is 0 Å². The van der Waals surface area contributed by atoms with Crippen molar-refractivity contribution in [3.8, 4) is 0 Å². The monoisotopic (exact) mass is 262 g/mol. The molecule has 0 saturated carbocycles. The first-order valence-electron chi connectivity index (χ1n) is 6.71. The fraction of sp³-hybridized carbons (Fsp3) is 0.562. The summed E-state index contributed by atoms with van der Waals surface area (Å²) in [4.78, 5) is 12.5. The van der Waals surface area contributed by atoms with Gasteiger partial charge in [-0.1, -0.05) is 6.07 Å². The Bertz CT molecular complexity index is 519. The average molecular weight is 262 g/mol. The van der Waals surface area contributed by atoms with Gasteiger partial charge in [-0.3, -0.25) is 4.79 Å². The quantitative estimate of drug-likeness (QED) is 0.905. The Labute approximate surface area is 114 Å². The summed E-state index contributed by atoms with van der Waals surface area (Å²) in [5.74, 6) is 0.0844. The maximum absolute atomic E-state index is 12.5. The molecule has 0 saturated heterocycles. The second-order valence-corrected chi connectivity index (χ2v) is 5.80. The van der Waals surface area contributed by atoms with Crippen molar-refractivity contribution in [3.05, 3.63) is 33.9 Å². The summed E-state index contributed by atoms with van der Waals surface area (Å²) in [6.45, 7) is 6.51. The van der Waals surface area contributed by atoms with Gasteiger partial charge in [0.05, 0.1) is 18.6 Å². The summed E-state index contributed by atoms with van der Waals surface area (Å²) in [6.07, 6.45) is 1.47. The highest BCUT2D eigenvalue weighted by Gasteiger charge is 2.42. The third-order valence-corrected chi connectivity index (χ3v) is 4.28. The van der Waals surface area contributed by atoms with Crippen LogP contribution in [0.4, 0.5) is 0 Å². The van der Waals surface area contributed by atoms with Gasteiger partial charge in [0.2, 0.25) is 0 Å². The van der Waals surface area contributed by atoms with Crippen LogP contribution in [0.5, 0.6) is 0 Å². The molecule has 0 heterocycles. The number of fused-ring (bicyclic) bond motifs is 1. The number of Topliss-reactive ketones (excluding diaryl/α,β-unsaturated/α-hetero) is 1. The number of hydrogen-bond donors (Lipinski definition) is 1. The predicted octanol–water partition coefficient (Wildman–Crippen LogP) is 2.23. The van der Waals surface area contributed by atoms with Crippen molar-refractivity contribution in [3.63, 3.8) is 0 Å². The molecule has 0 spiro atoms. The Kier molecular flexibility index (Phi) is 3.79. The first-order valence-corrected chi connectivity index (χ1v) is 6.71. The molecule has 1 N–H and O–H groups in total. The van der Waals surface area contributed by atoms with Gasteiger partial charge in [0.1, 0.15) is 0 Å². The average Bonchev–Trinajstić information content (AvgIpc) is 2.62. The lowest BCUT2D eigenvalue weighted by Crippen LogP contribution is -2.28. The molecule has 0 radical (unpaired) electrons. The van der Waals surface area contributed by atoms with Crippen molar-refractivity contribution >= 4 is 5.78 Å². The van der Waals surface area contributed by atoms with Crippen LogP contribution in [0.15, 0.2) is 6.07 Å². The predicted molar refractivity (Wildman–Crippen MR) is 74.7 cm³/mol. The largest absolute Gasteiger partial charge is 0.395 e. The van der Waals surface area contributed by atoms with E-state index in [0.29, 0.717) is 13.0 Å². The molecule has 1 aromatic rings. The highest BCUT2D eigenvalue weighted by molar-refractivity contribution is 6.06. The molecule has 0 aliphatic heterocycles. The Hall–Kier alpha value is -1.19. The third-order valence-electron chi connectivity index (χ3n) is 4.28. The summed E-state index contributed by atoms with van der Waals surface area (Å²) in [7, 11) is 1.69. The van der Waals surface area contributed by atoms with E-state index in [1.165, 1.54) is 11.1 Å². The van der Waals surface area contributed by atoms with Gasteiger partial charge in [0.25, 0.3) is 0 Å². The molecule has 3 heteroatoms. The number of carbonyl (C=O) groups excluding carboxylic acids is 1. The number of ketones is 1. The van der Waals surface area contributed by atoms with Crippen molar-refractivity contribution in [1.29, 1.82) is 0 Å². The van der Waals surface area contributed by atoms with Crippen LogP contribution in [0, 0.1) is 19.3 Å². The summed E-state index contributed by atoms with van der Waals surface area (Å²) in [5, 5.41) is 9.50. The van der Waals surface area contributed by atoms with Gasteiger partial charge in [0.15, 0.2) is 5.78 Å². The molecule has 2 rings (SSSR count). The topological polar surface area (TPSA) is 46.5 Å². The number of methoxy groups -OCH3 is 1. The first-order chi connectivity index (χ1) is 8.94. The fourth-order valence-corrected chi connectivity index (χ4v) is 3.08. The number of ether oxygens (including phenoxy) is 1. The molecule has 1 aliphatic rings. The smallest absolute Gasteiger partial charge is 0.171 e. The van der Waals surface area contributed by atoms with Gasteiger partial charge in [-0.25, -0.2) is 0 Å². The number of rotatable bonds is 4. The van der Waals surface area contributed by atoms with Crippen molar-refractivity contribution in [2.24, 2.45) is 5.41 Å². The lowest BCUT2D eigenvalue weighted by Gasteiger charge is -2.17. The lowest BCUT2D eigenvalue weighted by molar-refractivity contribution is 0.0722. The minimum Gasteiger partial charge on any atom is -0.395 e. The van der Waals surface area contributed by atoms with Crippen molar-refractivity contribution < 1.29 is 14.6 Å². The zero-order valence-corrected chi connectivity index (χ0v) is 12.2. The second-order valence-electron chi connectivity index (χ2n) is 5.80. The number of benzene rings is 1. The van der Waals surface area contributed by atoms with E-state index in [4.69, 9.17) is 4.74 Å². The van der Waals surface area contributed by atoms with Crippen LogP contribution in [0.3, 0.4) is 0 Å². The molecule has 0 unspecified atom stereocenters. The van der Waals surface area contributed by atoms with Crippen LogP contribution >= 0.6 is 0 Å². The summed E-state index contributed by atoms with van der Waals surface area (Å²) >= 11 is 0. The number of aryl methyl sites for hydroxylation is 1. The Balaban J connectivity index is 2.50. The van der Waals surface area contributed by atoms with E-state index in [1.54, 1.807) is 7.11 Å². The van der Waals surface area contributed by atoms with Crippen LogP contribution in [0.2, 0.25) is 0 Å². The highest BCUT2D eigenvalue weighted by atomic mass is 16.5. The molecule has 0 fully saturated rings. The van der Waals surface area contributed by atoms with Crippen LogP contribution in [0.1, 0.15) is 39.5 Å². The standard InChI is InChI=1S/C16H22O3/c1-10-7-12-8-16(3,9-17)15(18)14(12)11(2)13(10)5-6-19-4/h7,17H,5-6,8-9H2,1-4H3/t16-/m1/s1. The van der Waals surface area contributed by atoms with E-state index in [9.17, 15) is 9.90 Å². The Morgan fingerprint density at radius 1 is 1.42 bits per heavy atom. The van der Waals surface area contributed by atoms with Crippen LogP contribution in [-0.4, -0.2) is 31.2 Å². The van der Waals surface area contributed by atoms with Crippen molar-refractivity contribution in [1.82, 2.24) is 0 Å². The maximum atomic E-state index is 12.5. The molecule has 0 bridgehead atoms. The van der Waals surface area contributed by atoms with Crippen LogP contribution < -0.4 is 0 Å². The minimum atomic E-state index is -0.639. The summed E-state index contributed by atoms with van der Waals surface area (Å²) in [5.41, 5.74) is 4.75. The van der Waals surface area contributed by atoms with Crippen molar-refractivity contribution in [2.45, 2.75) is 33.6 Å². The van der Waals surface area contributed by atoms with E-state index in [1.807, 2.05) is 13.8 Å².